The number of carbonyl (C=O) groups excluding carboxylic acids is 1. The first-order valence-corrected chi connectivity index (χ1v) is 8.68. The molecular weight excluding hydrogens is 290 g/mol. The second-order valence-corrected chi connectivity index (χ2v) is 6.69. The lowest BCUT2D eigenvalue weighted by Crippen LogP contribution is -2.49. The number of oxazole rings is 1. The molecular formula is C18H23N3O2. The number of hydrogen-bond acceptors (Lipinski definition) is 4. The van der Waals surface area contributed by atoms with Gasteiger partial charge in [-0.1, -0.05) is 25.0 Å². The molecule has 0 N–H and O–H groups in total. The third kappa shape index (κ3) is 3.05. The molecule has 1 aromatic heterocycles. The predicted molar refractivity (Wildman–Crippen MR) is 89.4 cm³/mol. The van der Waals surface area contributed by atoms with Gasteiger partial charge in [0.25, 0.3) is 6.01 Å². The second-order valence-electron chi connectivity index (χ2n) is 6.69. The quantitative estimate of drug-likeness (QED) is 0.874. The molecule has 0 unspecified atom stereocenters. The molecule has 0 atom stereocenters. The van der Waals surface area contributed by atoms with Gasteiger partial charge in [0, 0.05) is 32.6 Å². The summed E-state index contributed by atoms with van der Waals surface area (Å²) in [7, 11) is 0. The average molecular weight is 313 g/mol. The van der Waals surface area contributed by atoms with E-state index in [0.29, 0.717) is 17.8 Å². The predicted octanol–water partition coefficient (Wildman–Crippen LogP) is 3.06. The molecule has 4 rings (SSSR count). The summed E-state index contributed by atoms with van der Waals surface area (Å²) in [6.07, 6.45) is 5.79. The minimum Gasteiger partial charge on any atom is -0.423 e. The van der Waals surface area contributed by atoms with Gasteiger partial charge in [-0.15, -0.1) is 0 Å². The van der Waals surface area contributed by atoms with Crippen molar-refractivity contribution in [1.29, 1.82) is 0 Å². The van der Waals surface area contributed by atoms with Gasteiger partial charge in [-0.3, -0.25) is 4.79 Å². The highest BCUT2D eigenvalue weighted by Gasteiger charge is 2.26. The van der Waals surface area contributed by atoms with Crippen molar-refractivity contribution < 1.29 is 9.21 Å². The van der Waals surface area contributed by atoms with Crippen LogP contribution in [-0.2, 0) is 4.79 Å². The van der Waals surface area contributed by atoms with E-state index in [9.17, 15) is 4.79 Å². The third-order valence-corrected chi connectivity index (χ3v) is 5.12. The molecule has 1 aromatic carbocycles. The van der Waals surface area contributed by atoms with Crippen LogP contribution in [-0.4, -0.2) is 42.0 Å². The number of para-hydroxylation sites is 2. The van der Waals surface area contributed by atoms with Crippen molar-refractivity contribution in [3.63, 3.8) is 0 Å². The molecule has 0 bridgehead atoms. The van der Waals surface area contributed by atoms with Crippen LogP contribution in [0.5, 0.6) is 0 Å². The Bertz CT molecular complexity index is 649. The summed E-state index contributed by atoms with van der Waals surface area (Å²) in [5, 5.41) is 0. The fourth-order valence-corrected chi connectivity index (χ4v) is 3.73. The zero-order valence-corrected chi connectivity index (χ0v) is 13.4. The number of piperazine rings is 1. The van der Waals surface area contributed by atoms with Crippen LogP contribution in [0.2, 0.25) is 0 Å². The number of benzene rings is 1. The summed E-state index contributed by atoms with van der Waals surface area (Å²) in [5.41, 5.74) is 1.71. The van der Waals surface area contributed by atoms with Crippen molar-refractivity contribution >= 4 is 23.0 Å². The lowest BCUT2D eigenvalue weighted by Gasteiger charge is -2.34. The lowest BCUT2D eigenvalue weighted by atomic mass is 10.0. The van der Waals surface area contributed by atoms with Crippen molar-refractivity contribution in [3.8, 4) is 0 Å². The number of anilines is 1. The lowest BCUT2D eigenvalue weighted by molar-refractivity contribution is -0.132. The summed E-state index contributed by atoms with van der Waals surface area (Å²) in [5.74, 6) is 0.951. The first-order chi connectivity index (χ1) is 11.3. The zero-order valence-electron chi connectivity index (χ0n) is 13.4. The molecule has 5 nitrogen and oxygen atoms in total. The monoisotopic (exact) mass is 313 g/mol. The van der Waals surface area contributed by atoms with Crippen molar-refractivity contribution in [1.82, 2.24) is 9.88 Å². The smallest absolute Gasteiger partial charge is 0.298 e. The van der Waals surface area contributed by atoms with Gasteiger partial charge >= 0.3 is 0 Å². The number of fused-ring (bicyclic) bond motifs is 1. The Kier molecular flexibility index (Phi) is 3.93. The van der Waals surface area contributed by atoms with Crippen LogP contribution >= 0.6 is 0 Å². The Labute approximate surface area is 136 Å². The Morgan fingerprint density at radius 3 is 2.61 bits per heavy atom. The van der Waals surface area contributed by atoms with Gasteiger partial charge < -0.3 is 14.2 Å². The van der Waals surface area contributed by atoms with Crippen LogP contribution in [0.1, 0.15) is 32.1 Å². The summed E-state index contributed by atoms with van der Waals surface area (Å²) in [4.78, 5) is 21.1. The van der Waals surface area contributed by atoms with E-state index in [1.54, 1.807) is 0 Å². The standard InChI is InChI=1S/C18H23N3O2/c22-17(13-14-5-1-2-6-14)20-9-11-21(12-10-20)18-19-15-7-3-4-8-16(15)23-18/h3-4,7-8,14H,1-2,5-6,9-13H2. The van der Waals surface area contributed by atoms with E-state index in [1.165, 1.54) is 25.7 Å². The van der Waals surface area contributed by atoms with Gasteiger partial charge in [-0.2, -0.15) is 4.98 Å². The fraction of sp³-hybridized carbons (Fsp3) is 0.556. The number of carbonyl (C=O) groups is 1. The van der Waals surface area contributed by atoms with Crippen molar-refractivity contribution in [2.24, 2.45) is 5.92 Å². The first-order valence-electron chi connectivity index (χ1n) is 8.68. The molecule has 1 saturated heterocycles. The Balaban J connectivity index is 1.35. The van der Waals surface area contributed by atoms with Crippen LogP contribution in [0, 0.1) is 5.92 Å². The normalized spacial score (nSPS) is 19.7. The first kappa shape index (κ1) is 14.5. The van der Waals surface area contributed by atoms with E-state index in [1.807, 2.05) is 29.2 Å². The van der Waals surface area contributed by atoms with E-state index >= 15 is 0 Å². The largest absolute Gasteiger partial charge is 0.423 e. The van der Waals surface area contributed by atoms with Crippen molar-refractivity contribution in [2.45, 2.75) is 32.1 Å². The summed E-state index contributed by atoms with van der Waals surface area (Å²) in [6.45, 7) is 3.13. The molecule has 2 aliphatic rings. The number of amides is 1. The summed E-state index contributed by atoms with van der Waals surface area (Å²) in [6, 6.07) is 8.50. The van der Waals surface area contributed by atoms with E-state index < -0.39 is 0 Å². The van der Waals surface area contributed by atoms with Gasteiger partial charge in [0.15, 0.2) is 5.58 Å². The topological polar surface area (TPSA) is 49.6 Å². The molecule has 0 spiro atoms. The summed E-state index contributed by atoms with van der Waals surface area (Å²) < 4.78 is 5.82. The maximum Gasteiger partial charge on any atom is 0.298 e. The molecule has 122 valence electrons. The molecule has 1 aliphatic carbocycles. The highest BCUT2D eigenvalue weighted by molar-refractivity contribution is 5.77. The highest BCUT2D eigenvalue weighted by Crippen LogP contribution is 2.28. The number of nitrogens with zero attached hydrogens (tertiary/aromatic N) is 3. The third-order valence-electron chi connectivity index (χ3n) is 5.12. The van der Waals surface area contributed by atoms with Gasteiger partial charge in [-0.05, 0) is 30.9 Å². The van der Waals surface area contributed by atoms with E-state index in [2.05, 4.69) is 9.88 Å². The molecule has 1 saturated carbocycles. The summed E-state index contributed by atoms with van der Waals surface area (Å²) >= 11 is 0. The maximum atomic E-state index is 12.4. The second kappa shape index (κ2) is 6.22. The molecule has 2 fully saturated rings. The molecule has 1 aliphatic heterocycles. The van der Waals surface area contributed by atoms with Gasteiger partial charge in [0.2, 0.25) is 5.91 Å². The maximum absolute atomic E-state index is 12.4. The number of rotatable bonds is 3. The minimum absolute atomic E-state index is 0.328. The number of aromatic nitrogens is 1. The Hall–Kier alpha value is -2.04. The van der Waals surface area contributed by atoms with Crippen molar-refractivity contribution in [3.05, 3.63) is 24.3 Å². The molecule has 0 radical (unpaired) electrons. The highest BCUT2D eigenvalue weighted by atomic mass is 16.4. The van der Waals surface area contributed by atoms with Gasteiger partial charge in [-0.25, -0.2) is 0 Å². The zero-order chi connectivity index (χ0) is 15.6. The minimum atomic E-state index is 0.328. The van der Waals surface area contributed by atoms with Crippen LogP contribution in [0.25, 0.3) is 11.1 Å². The molecule has 1 amide bonds. The Morgan fingerprint density at radius 2 is 1.87 bits per heavy atom. The van der Waals surface area contributed by atoms with Crippen molar-refractivity contribution in [2.75, 3.05) is 31.1 Å². The number of hydrogen-bond donors (Lipinski definition) is 0. The van der Waals surface area contributed by atoms with Gasteiger partial charge in [0.1, 0.15) is 5.52 Å². The SMILES string of the molecule is O=C(CC1CCCC1)N1CCN(c2nc3ccccc3o2)CC1. The molecule has 23 heavy (non-hydrogen) atoms. The molecule has 5 heteroatoms. The van der Waals surface area contributed by atoms with Gasteiger partial charge in [0.05, 0.1) is 0 Å². The van der Waals surface area contributed by atoms with Crippen LogP contribution in [0.3, 0.4) is 0 Å². The fourth-order valence-electron chi connectivity index (χ4n) is 3.73. The van der Waals surface area contributed by atoms with Crippen LogP contribution < -0.4 is 4.90 Å². The van der Waals surface area contributed by atoms with E-state index in [0.717, 1.165) is 43.7 Å². The average Bonchev–Trinajstić information content (AvgIpc) is 3.24. The molecule has 2 aromatic rings. The van der Waals surface area contributed by atoms with Crippen LogP contribution in [0.15, 0.2) is 28.7 Å². The molecule has 2 heterocycles. The van der Waals surface area contributed by atoms with Crippen LogP contribution in [0.4, 0.5) is 6.01 Å². The van der Waals surface area contributed by atoms with E-state index in [4.69, 9.17) is 4.42 Å². The van der Waals surface area contributed by atoms with E-state index in [-0.39, 0.29) is 0 Å². The Morgan fingerprint density at radius 1 is 1.13 bits per heavy atom.